The Morgan fingerprint density at radius 2 is 1.48 bits per heavy atom. The molecule has 170 valence electrons. The highest BCUT2D eigenvalue weighted by molar-refractivity contribution is 6.99. The van der Waals surface area contributed by atoms with Crippen LogP contribution in [0.4, 0.5) is 0 Å². The molecule has 1 aliphatic rings. The molecular formula is C28H42O2Si. The quantitative estimate of drug-likeness (QED) is 0.429. The number of benzene rings is 2. The number of rotatable bonds is 7. The Bertz CT molecular complexity index is 786. The Hall–Kier alpha value is -1.42. The Morgan fingerprint density at radius 3 is 1.94 bits per heavy atom. The van der Waals surface area contributed by atoms with Crippen molar-refractivity contribution in [3.8, 4) is 0 Å². The summed E-state index contributed by atoms with van der Waals surface area (Å²) in [6.07, 6.45) is 5.22. The Morgan fingerprint density at radius 1 is 0.968 bits per heavy atom. The van der Waals surface area contributed by atoms with Gasteiger partial charge in [0.2, 0.25) is 0 Å². The Kier molecular flexibility index (Phi) is 7.20. The summed E-state index contributed by atoms with van der Waals surface area (Å²) in [5.74, 6) is 0.532. The first-order chi connectivity index (χ1) is 14.5. The predicted octanol–water partition coefficient (Wildman–Crippen LogP) is 5.92. The van der Waals surface area contributed by atoms with Crippen molar-refractivity contribution in [2.75, 3.05) is 6.61 Å². The second kappa shape index (κ2) is 9.21. The molecule has 31 heavy (non-hydrogen) atoms. The fraction of sp³-hybridized carbons (Fsp3) is 0.571. The molecule has 3 rings (SSSR count). The molecule has 0 amide bonds. The minimum atomic E-state index is -2.48. The fourth-order valence-electron chi connectivity index (χ4n) is 5.83. The number of hydrogen-bond donors (Lipinski definition) is 1. The highest BCUT2D eigenvalue weighted by Gasteiger charge is 2.51. The van der Waals surface area contributed by atoms with Crippen LogP contribution in [0.15, 0.2) is 60.7 Å². The van der Waals surface area contributed by atoms with Crippen molar-refractivity contribution in [1.82, 2.24) is 0 Å². The van der Waals surface area contributed by atoms with Gasteiger partial charge >= 0.3 is 0 Å². The van der Waals surface area contributed by atoms with Crippen LogP contribution in [-0.4, -0.2) is 25.6 Å². The minimum Gasteiger partial charge on any atom is -0.407 e. The first-order valence-corrected chi connectivity index (χ1v) is 13.9. The van der Waals surface area contributed by atoms with E-state index in [4.69, 9.17) is 4.43 Å². The van der Waals surface area contributed by atoms with Gasteiger partial charge in [-0.3, -0.25) is 0 Å². The third kappa shape index (κ3) is 4.55. The summed E-state index contributed by atoms with van der Waals surface area (Å²) in [6.45, 7) is 14.4. The zero-order valence-corrected chi connectivity index (χ0v) is 21.4. The standard InChI is InChI=1S/C28H42O2Si/c1-23-15-13-21-28(6,29)27(23,5)20-14-22-30-31(26(2,3)4,24-16-9-7-10-17-24)25-18-11-8-12-19-25/h7-12,16-19,23,29H,13-15,20-22H2,1-6H3/t23-,27+,28?/m1/s1. The van der Waals surface area contributed by atoms with E-state index in [-0.39, 0.29) is 10.5 Å². The Balaban J connectivity index is 1.87. The van der Waals surface area contributed by atoms with Crippen molar-refractivity contribution in [2.24, 2.45) is 11.3 Å². The van der Waals surface area contributed by atoms with Gasteiger partial charge < -0.3 is 9.53 Å². The molecule has 1 N–H and O–H groups in total. The zero-order valence-electron chi connectivity index (χ0n) is 20.4. The van der Waals surface area contributed by atoms with Gasteiger partial charge in [0.15, 0.2) is 0 Å². The third-order valence-electron chi connectivity index (χ3n) is 8.19. The van der Waals surface area contributed by atoms with Crippen LogP contribution in [0.2, 0.25) is 5.04 Å². The molecule has 2 aromatic rings. The molecule has 0 spiro atoms. The molecule has 0 bridgehead atoms. The maximum Gasteiger partial charge on any atom is 0.261 e. The summed E-state index contributed by atoms with van der Waals surface area (Å²) in [6, 6.07) is 21.7. The van der Waals surface area contributed by atoms with E-state index in [1.54, 1.807) is 0 Å². The van der Waals surface area contributed by atoms with E-state index in [1.165, 1.54) is 16.8 Å². The van der Waals surface area contributed by atoms with Gasteiger partial charge in [-0.05, 0) is 59.4 Å². The van der Waals surface area contributed by atoms with E-state index in [0.29, 0.717) is 5.92 Å². The molecule has 1 saturated carbocycles. The molecule has 0 aliphatic heterocycles. The van der Waals surface area contributed by atoms with E-state index in [2.05, 4.69) is 95.3 Å². The highest BCUT2D eigenvalue weighted by atomic mass is 28.4. The Labute approximate surface area is 191 Å². The normalized spacial score (nSPS) is 27.3. The van der Waals surface area contributed by atoms with Crippen molar-refractivity contribution in [2.45, 2.75) is 84.3 Å². The monoisotopic (exact) mass is 438 g/mol. The van der Waals surface area contributed by atoms with E-state index in [9.17, 15) is 5.11 Å². The van der Waals surface area contributed by atoms with E-state index in [1.807, 2.05) is 6.92 Å². The van der Waals surface area contributed by atoms with Gasteiger partial charge in [-0.15, -0.1) is 0 Å². The second-order valence-corrected chi connectivity index (χ2v) is 15.4. The maximum atomic E-state index is 11.2. The first-order valence-electron chi connectivity index (χ1n) is 12.0. The lowest BCUT2D eigenvalue weighted by atomic mass is 9.58. The molecule has 1 unspecified atom stereocenters. The second-order valence-electron chi connectivity index (χ2n) is 11.1. The SMILES string of the molecule is C[C@@H]1CCCC(C)(O)[C@@]1(C)CCCO[Si](c1ccccc1)(c1ccccc1)C(C)(C)C. The topological polar surface area (TPSA) is 29.5 Å². The van der Waals surface area contributed by atoms with Gasteiger partial charge in [0, 0.05) is 6.61 Å². The molecular weight excluding hydrogens is 396 g/mol. The summed E-state index contributed by atoms with van der Waals surface area (Å²) in [5.41, 5.74) is -0.651. The van der Waals surface area contributed by atoms with Gasteiger partial charge in [0.05, 0.1) is 5.60 Å². The van der Waals surface area contributed by atoms with Crippen LogP contribution >= 0.6 is 0 Å². The predicted molar refractivity (Wildman–Crippen MR) is 135 cm³/mol. The molecule has 0 saturated heterocycles. The smallest absolute Gasteiger partial charge is 0.261 e. The van der Waals surface area contributed by atoms with Crippen molar-refractivity contribution in [3.05, 3.63) is 60.7 Å². The maximum absolute atomic E-state index is 11.2. The van der Waals surface area contributed by atoms with Crippen LogP contribution in [0.25, 0.3) is 0 Å². The van der Waals surface area contributed by atoms with Crippen molar-refractivity contribution in [3.63, 3.8) is 0 Å². The van der Waals surface area contributed by atoms with E-state index in [0.717, 1.165) is 32.3 Å². The van der Waals surface area contributed by atoms with Crippen LogP contribution in [0.1, 0.15) is 73.6 Å². The number of hydrogen-bond acceptors (Lipinski definition) is 2. The summed E-state index contributed by atoms with van der Waals surface area (Å²) < 4.78 is 7.06. The van der Waals surface area contributed by atoms with Gasteiger partial charge in [-0.2, -0.15) is 0 Å². The molecule has 2 nitrogen and oxygen atoms in total. The number of aliphatic hydroxyl groups is 1. The first kappa shape index (κ1) is 24.2. The fourth-order valence-corrected chi connectivity index (χ4v) is 10.4. The van der Waals surface area contributed by atoms with Crippen molar-refractivity contribution < 1.29 is 9.53 Å². The minimum absolute atomic E-state index is 0.00321. The van der Waals surface area contributed by atoms with Crippen molar-refractivity contribution in [1.29, 1.82) is 0 Å². The van der Waals surface area contributed by atoms with E-state index < -0.39 is 13.9 Å². The van der Waals surface area contributed by atoms with Gasteiger partial charge in [-0.1, -0.05) is 102 Å². The van der Waals surface area contributed by atoms with Crippen LogP contribution in [0, 0.1) is 11.3 Å². The largest absolute Gasteiger partial charge is 0.407 e. The lowest BCUT2D eigenvalue weighted by Crippen LogP contribution is -2.66. The van der Waals surface area contributed by atoms with Crippen molar-refractivity contribution >= 4 is 18.7 Å². The lowest BCUT2D eigenvalue weighted by molar-refractivity contribution is -0.125. The molecule has 0 radical (unpaired) electrons. The highest BCUT2D eigenvalue weighted by Crippen LogP contribution is 2.50. The molecule has 3 atom stereocenters. The lowest BCUT2D eigenvalue weighted by Gasteiger charge is -2.51. The van der Waals surface area contributed by atoms with Crippen LogP contribution in [0.3, 0.4) is 0 Å². The average molecular weight is 439 g/mol. The van der Waals surface area contributed by atoms with E-state index >= 15 is 0 Å². The molecule has 3 heteroatoms. The van der Waals surface area contributed by atoms with Crippen LogP contribution < -0.4 is 10.4 Å². The average Bonchev–Trinajstić information content (AvgIpc) is 2.73. The van der Waals surface area contributed by atoms with Gasteiger partial charge in [0.25, 0.3) is 8.32 Å². The summed E-state index contributed by atoms with van der Waals surface area (Å²) >= 11 is 0. The van der Waals surface area contributed by atoms with Crippen LogP contribution in [0.5, 0.6) is 0 Å². The van der Waals surface area contributed by atoms with Crippen LogP contribution in [-0.2, 0) is 4.43 Å². The zero-order chi connectivity index (χ0) is 22.8. The molecule has 0 heterocycles. The molecule has 1 aliphatic carbocycles. The molecule has 0 aromatic heterocycles. The third-order valence-corrected chi connectivity index (χ3v) is 13.2. The molecule has 1 fully saturated rings. The molecule has 2 aromatic carbocycles. The summed E-state index contributed by atoms with van der Waals surface area (Å²) in [7, 11) is -2.48. The summed E-state index contributed by atoms with van der Waals surface area (Å²) in [4.78, 5) is 0. The van der Waals surface area contributed by atoms with Gasteiger partial charge in [0.1, 0.15) is 0 Å². The van der Waals surface area contributed by atoms with Gasteiger partial charge in [-0.25, -0.2) is 0 Å². The summed E-state index contributed by atoms with van der Waals surface area (Å²) in [5, 5.41) is 13.8.